The second-order valence-corrected chi connectivity index (χ2v) is 8.45. The molecule has 0 N–H and O–H groups in total. The van der Waals surface area contributed by atoms with Crippen LogP contribution in [0.15, 0.2) is 41.3 Å². The number of benzene rings is 2. The lowest BCUT2D eigenvalue weighted by Gasteiger charge is -2.16. The second kappa shape index (κ2) is 9.15. The molecule has 0 aliphatic carbocycles. The van der Waals surface area contributed by atoms with Crippen LogP contribution in [-0.4, -0.2) is 23.4 Å². The SMILES string of the molecule is CC[C@H](C)Oc1ccc(/C=C2\SC(=S)N(c3ccc(F)c(Cl)c3)C2=O)cc1OC. The highest BCUT2D eigenvalue weighted by atomic mass is 35.5. The molecule has 0 unspecified atom stereocenters. The number of halogens is 2. The number of carbonyl (C=O) groups is 1. The molecule has 1 fully saturated rings. The van der Waals surface area contributed by atoms with Gasteiger partial charge in [-0.3, -0.25) is 9.69 Å². The summed E-state index contributed by atoms with van der Waals surface area (Å²) in [5, 5.41) is -0.0674. The number of hydrogen-bond donors (Lipinski definition) is 0. The number of ether oxygens (including phenoxy) is 2. The summed E-state index contributed by atoms with van der Waals surface area (Å²) in [6, 6.07) is 9.53. The fourth-order valence-corrected chi connectivity index (χ4v) is 4.11. The van der Waals surface area contributed by atoms with Gasteiger partial charge in [0.15, 0.2) is 15.8 Å². The molecule has 1 atom stereocenters. The average Bonchev–Trinajstić information content (AvgIpc) is 2.98. The Hall–Kier alpha value is -2.09. The first-order chi connectivity index (χ1) is 13.8. The van der Waals surface area contributed by atoms with Gasteiger partial charge < -0.3 is 9.47 Å². The van der Waals surface area contributed by atoms with Gasteiger partial charge in [-0.15, -0.1) is 0 Å². The fourth-order valence-electron chi connectivity index (χ4n) is 2.64. The summed E-state index contributed by atoms with van der Waals surface area (Å²) < 4.78 is 25.1. The lowest BCUT2D eigenvalue weighted by Crippen LogP contribution is -2.27. The number of nitrogens with zero attached hydrogens (tertiary/aromatic N) is 1. The molecule has 1 aliphatic heterocycles. The van der Waals surface area contributed by atoms with Crippen molar-refractivity contribution in [1.29, 1.82) is 0 Å². The van der Waals surface area contributed by atoms with Crippen LogP contribution in [0, 0.1) is 5.82 Å². The number of rotatable bonds is 6. The van der Waals surface area contributed by atoms with E-state index in [0.29, 0.717) is 26.4 Å². The Bertz CT molecular complexity index is 996. The van der Waals surface area contributed by atoms with Crippen LogP contribution in [0.3, 0.4) is 0 Å². The topological polar surface area (TPSA) is 38.8 Å². The van der Waals surface area contributed by atoms with Gasteiger partial charge in [-0.25, -0.2) is 4.39 Å². The number of amides is 1. The zero-order valence-electron chi connectivity index (χ0n) is 16.1. The van der Waals surface area contributed by atoms with Crippen molar-refractivity contribution < 1.29 is 18.7 Å². The molecule has 0 aromatic heterocycles. The summed E-state index contributed by atoms with van der Waals surface area (Å²) >= 11 is 12.4. The molecular weight excluding hydrogens is 433 g/mol. The molecular formula is C21H19ClFNO3S2. The number of carbonyl (C=O) groups excluding carboxylic acids is 1. The minimum absolute atomic E-state index is 0.0635. The summed E-state index contributed by atoms with van der Waals surface area (Å²) in [5.74, 6) is 0.386. The molecule has 3 rings (SSSR count). The molecule has 4 nitrogen and oxygen atoms in total. The van der Waals surface area contributed by atoms with E-state index in [9.17, 15) is 9.18 Å². The maximum absolute atomic E-state index is 13.4. The van der Waals surface area contributed by atoms with Gasteiger partial charge in [0.05, 0.1) is 28.8 Å². The monoisotopic (exact) mass is 451 g/mol. The summed E-state index contributed by atoms with van der Waals surface area (Å²) in [6.07, 6.45) is 2.68. The normalized spacial score (nSPS) is 16.4. The van der Waals surface area contributed by atoms with Crippen molar-refractivity contribution in [3.05, 3.63) is 57.7 Å². The van der Waals surface area contributed by atoms with E-state index in [4.69, 9.17) is 33.3 Å². The number of methoxy groups -OCH3 is 1. The highest BCUT2D eigenvalue weighted by molar-refractivity contribution is 8.27. The standard InChI is InChI=1S/C21H19ClFNO3S2/c1-4-12(2)27-17-8-5-13(9-18(17)26-3)10-19-20(25)24(21(28)29-19)14-6-7-16(23)15(22)11-14/h5-12H,4H2,1-3H3/b19-10-/t12-/m0/s1. The predicted octanol–water partition coefficient (Wildman–Crippen LogP) is 6.07. The molecule has 8 heteroatoms. The van der Waals surface area contributed by atoms with Crippen molar-refractivity contribution in [2.24, 2.45) is 0 Å². The quantitative estimate of drug-likeness (QED) is 0.393. The maximum Gasteiger partial charge on any atom is 0.270 e. The number of anilines is 1. The van der Waals surface area contributed by atoms with Gasteiger partial charge in [0.25, 0.3) is 5.91 Å². The lowest BCUT2D eigenvalue weighted by molar-refractivity contribution is -0.113. The van der Waals surface area contributed by atoms with Crippen LogP contribution in [0.25, 0.3) is 6.08 Å². The van der Waals surface area contributed by atoms with E-state index < -0.39 is 5.82 Å². The average molecular weight is 452 g/mol. The smallest absolute Gasteiger partial charge is 0.270 e. The van der Waals surface area contributed by atoms with E-state index in [0.717, 1.165) is 12.0 Å². The van der Waals surface area contributed by atoms with Gasteiger partial charge in [-0.2, -0.15) is 0 Å². The molecule has 0 spiro atoms. The molecule has 29 heavy (non-hydrogen) atoms. The summed E-state index contributed by atoms with van der Waals surface area (Å²) in [7, 11) is 1.57. The zero-order valence-corrected chi connectivity index (χ0v) is 18.5. The van der Waals surface area contributed by atoms with Crippen LogP contribution in [0.2, 0.25) is 5.02 Å². The van der Waals surface area contributed by atoms with Gasteiger partial charge >= 0.3 is 0 Å². The predicted molar refractivity (Wildman–Crippen MR) is 120 cm³/mol. The van der Waals surface area contributed by atoms with Crippen LogP contribution < -0.4 is 14.4 Å². The fraction of sp³-hybridized carbons (Fsp3) is 0.238. The van der Waals surface area contributed by atoms with Gasteiger partial charge in [0.1, 0.15) is 5.82 Å². The zero-order chi connectivity index (χ0) is 21.1. The van der Waals surface area contributed by atoms with Crippen molar-refractivity contribution >= 4 is 57.6 Å². The molecule has 0 bridgehead atoms. The molecule has 1 heterocycles. The molecule has 2 aromatic carbocycles. The second-order valence-electron chi connectivity index (χ2n) is 6.36. The minimum Gasteiger partial charge on any atom is -0.493 e. The molecule has 1 aliphatic rings. The van der Waals surface area contributed by atoms with E-state index in [-0.39, 0.29) is 17.0 Å². The van der Waals surface area contributed by atoms with Crippen LogP contribution >= 0.6 is 35.6 Å². The van der Waals surface area contributed by atoms with Crippen LogP contribution in [-0.2, 0) is 4.79 Å². The third kappa shape index (κ3) is 4.74. The Labute approximate surface area is 183 Å². The van der Waals surface area contributed by atoms with Crippen LogP contribution in [0.4, 0.5) is 10.1 Å². The molecule has 1 saturated heterocycles. The van der Waals surface area contributed by atoms with E-state index >= 15 is 0 Å². The van der Waals surface area contributed by atoms with Crippen molar-refractivity contribution in [3.8, 4) is 11.5 Å². The Morgan fingerprint density at radius 3 is 2.69 bits per heavy atom. The Balaban J connectivity index is 1.88. The Morgan fingerprint density at radius 1 is 1.28 bits per heavy atom. The van der Waals surface area contributed by atoms with Crippen molar-refractivity contribution in [1.82, 2.24) is 0 Å². The van der Waals surface area contributed by atoms with Crippen LogP contribution in [0.5, 0.6) is 11.5 Å². The van der Waals surface area contributed by atoms with Crippen molar-refractivity contribution in [3.63, 3.8) is 0 Å². The first-order valence-electron chi connectivity index (χ1n) is 8.91. The molecule has 2 aromatic rings. The lowest BCUT2D eigenvalue weighted by atomic mass is 10.1. The Morgan fingerprint density at radius 2 is 2.03 bits per heavy atom. The maximum atomic E-state index is 13.4. The third-order valence-corrected chi connectivity index (χ3v) is 5.94. The highest BCUT2D eigenvalue weighted by Gasteiger charge is 2.33. The number of hydrogen-bond acceptors (Lipinski definition) is 5. The number of thioether (sulfide) groups is 1. The van der Waals surface area contributed by atoms with E-state index in [1.54, 1.807) is 19.3 Å². The number of thiocarbonyl (C=S) groups is 1. The van der Waals surface area contributed by atoms with Crippen LogP contribution in [0.1, 0.15) is 25.8 Å². The summed E-state index contributed by atoms with van der Waals surface area (Å²) in [5.41, 5.74) is 1.20. The Kier molecular flexibility index (Phi) is 6.82. The first kappa shape index (κ1) is 21.6. The van der Waals surface area contributed by atoms with Gasteiger partial charge in [-0.1, -0.05) is 48.6 Å². The van der Waals surface area contributed by atoms with E-state index in [2.05, 4.69) is 0 Å². The van der Waals surface area contributed by atoms with Crippen molar-refractivity contribution in [2.75, 3.05) is 12.0 Å². The molecule has 0 saturated carbocycles. The molecule has 152 valence electrons. The highest BCUT2D eigenvalue weighted by Crippen LogP contribution is 2.38. The summed E-state index contributed by atoms with van der Waals surface area (Å²) in [6.45, 7) is 4.03. The molecule has 1 amide bonds. The van der Waals surface area contributed by atoms with Gasteiger partial charge in [0, 0.05) is 0 Å². The van der Waals surface area contributed by atoms with Gasteiger partial charge in [-0.05, 0) is 55.3 Å². The molecule has 0 radical (unpaired) electrons. The van der Waals surface area contributed by atoms with E-state index in [1.165, 1.54) is 34.9 Å². The minimum atomic E-state index is -0.553. The van der Waals surface area contributed by atoms with E-state index in [1.807, 2.05) is 26.0 Å². The largest absolute Gasteiger partial charge is 0.493 e. The third-order valence-electron chi connectivity index (χ3n) is 4.34. The van der Waals surface area contributed by atoms with Gasteiger partial charge in [0.2, 0.25) is 0 Å². The van der Waals surface area contributed by atoms with Crippen molar-refractivity contribution in [2.45, 2.75) is 26.4 Å². The first-order valence-corrected chi connectivity index (χ1v) is 10.5. The summed E-state index contributed by atoms with van der Waals surface area (Å²) in [4.78, 5) is 14.7.